The fraction of sp³-hybridized carbons (Fsp3) is 0.486. The van der Waals surface area contributed by atoms with Crippen molar-refractivity contribution in [2.24, 2.45) is 13.0 Å². The normalized spacial score (nSPS) is 21.2. The zero-order valence-electron chi connectivity index (χ0n) is 30.6. The van der Waals surface area contributed by atoms with Crippen LogP contribution in [0.5, 0.6) is 5.88 Å². The molecule has 3 fully saturated rings. The number of amides is 3. The van der Waals surface area contributed by atoms with Gasteiger partial charge in [0.15, 0.2) is 5.65 Å². The summed E-state index contributed by atoms with van der Waals surface area (Å²) in [5.74, 6) is -1.20. The first-order valence-electron chi connectivity index (χ1n) is 18.7. The smallest absolute Gasteiger partial charge is 0.388 e. The van der Waals surface area contributed by atoms with Gasteiger partial charge in [-0.05, 0) is 76.1 Å². The van der Waals surface area contributed by atoms with E-state index in [4.69, 9.17) is 4.74 Å². The fourth-order valence-corrected chi connectivity index (χ4v) is 8.59. The average molecular weight is 760 g/mol. The minimum absolute atomic E-state index is 0.0300. The van der Waals surface area contributed by atoms with Crippen LogP contribution in [0.25, 0.3) is 16.7 Å². The molecule has 6 heterocycles. The molecule has 0 bridgehead atoms. The van der Waals surface area contributed by atoms with Gasteiger partial charge in [0.1, 0.15) is 17.3 Å². The molecule has 3 amide bonds. The van der Waals surface area contributed by atoms with Gasteiger partial charge >= 0.3 is 12.3 Å². The highest BCUT2D eigenvalue weighted by Gasteiger charge is 2.33. The number of carbonyl (C=O) groups excluding carboxylic acids is 3. The molecule has 2 aliphatic heterocycles. The summed E-state index contributed by atoms with van der Waals surface area (Å²) in [5.41, 5.74) is 2.73. The van der Waals surface area contributed by atoms with Gasteiger partial charge in [0.25, 0.3) is 11.8 Å². The van der Waals surface area contributed by atoms with Gasteiger partial charge in [-0.25, -0.2) is 14.3 Å². The number of fused-ring (bicyclic) bond motifs is 2. The Bertz CT molecular complexity index is 2300. The first-order chi connectivity index (χ1) is 26.5. The van der Waals surface area contributed by atoms with E-state index in [1.165, 1.54) is 21.5 Å². The molecule has 290 valence electrons. The van der Waals surface area contributed by atoms with Gasteiger partial charge in [0.2, 0.25) is 11.8 Å². The Kier molecular flexibility index (Phi) is 9.83. The van der Waals surface area contributed by atoms with Crippen molar-refractivity contribution >= 4 is 45.8 Å². The number of anilines is 2. The minimum atomic E-state index is -3.11. The summed E-state index contributed by atoms with van der Waals surface area (Å²) in [6, 6.07) is 7.12. The molecule has 4 aromatic heterocycles. The lowest BCUT2D eigenvalue weighted by atomic mass is 9.85. The molecule has 5 aromatic rings. The number of imide groups is 1. The Morgan fingerprint density at radius 2 is 1.85 bits per heavy atom. The highest BCUT2D eigenvalue weighted by molar-refractivity contribution is 6.08. The molecule has 18 heteroatoms. The van der Waals surface area contributed by atoms with E-state index in [9.17, 15) is 28.0 Å². The number of hydrogen-bond acceptors (Lipinski definition) is 10. The van der Waals surface area contributed by atoms with Gasteiger partial charge in [0, 0.05) is 51.5 Å². The molecule has 1 saturated carbocycles. The number of aromatic nitrogens is 7. The zero-order chi connectivity index (χ0) is 38.4. The summed E-state index contributed by atoms with van der Waals surface area (Å²) in [5, 5.41) is 13.5. The number of halogens is 2. The molecule has 3 aliphatic rings. The van der Waals surface area contributed by atoms with E-state index in [0.717, 1.165) is 69.4 Å². The molecule has 16 nitrogen and oxygen atoms in total. The Balaban J connectivity index is 0.871. The van der Waals surface area contributed by atoms with Crippen LogP contribution in [0.1, 0.15) is 73.8 Å². The van der Waals surface area contributed by atoms with Crippen molar-refractivity contribution in [3.05, 3.63) is 65.1 Å². The molecule has 0 spiro atoms. The molecule has 2 N–H and O–H groups in total. The van der Waals surface area contributed by atoms with Crippen LogP contribution in [0.15, 0.2) is 53.8 Å². The van der Waals surface area contributed by atoms with Gasteiger partial charge in [0.05, 0.1) is 35.2 Å². The number of nitrogens with zero attached hydrogens (tertiary/aromatic N) is 9. The Morgan fingerprint density at radius 3 is 2.60 bits per heavy atom. The van der Waals surface area contributed by atoms with Crippen molar-refractivity contribution in [3.8, 4) is 5.88 Å². The number of rotatable bonds is 10. The Hall–Kier alpha value is -5.65. The van der Waals surface area contributed by atoms with E-state index in [-0.39, 0.29) is 47.6 Å². The van der Waals surface area contributed by atoms with Crippen LogP contribution < -0.4 is 26.0 Å². The van der Waals surface area contributed by atoms with Gasteiger partial charge in [-0.1, -0.05) is 6.07 Å². The third-order valence-electron chi connectivity index (χ3n) is 11.4. The van der Waals surface area contributed by atoms with Crippen molar-refractivity contribution in [2.45, 2.75) is 76.1 Å². The second-order valence-electron chi connectivity index (χ2n) is 14.8. The maximum absolute atomic E-state index is 13.4. The molecular weight excluding hydrogens is 716 g/mol. The molecule has 1 aliphatic carbocycles. The quantitative estimate of drug-likeness (QED) is 0.201. The summed E-state index contributed by atoms with van der Waals surface area (Å²) in [6.07, 6.45) is 12.0. The number of ether oxygens (including phenoxy) is 1. The van der Waals surface area contributed by atoms with Crippen LogP contribution in [0.2, 0.25) is 0 Å². The van der Waals surface area contributed by atoms with Crippen LogP contribution in [-0.4, -0.2) is 95.5 Å². The van der Waals surface area contributed by atoms with Gasteiger partial charge < -0.3 is 19.9 Å². The van der Waals surface area contributed by atoms with Crippen molar-refractivity contribution in [1.82, 2.24) is 43.7 Å². The third-order valence-corrected chi connectivity index (χ3v) is 11.4. The average Bonchev–Trinajstić information content (AvgIpc) is 3.86. The number of hydrogen-bond donors (Lipinski definition) is 2. The lowest BCUT2D eigenvalue weighted by molar-refractivity contribution is -0.135. The minimum Gasteiger partial charge on any atom is -0.413 e. The van der Waals surface area contributed by atoms with E-state index in [2.05, 4.69) is 42.7 Å². The number of piperidine rings is 2. The van der Waals surface area contributed by atoms with Gasteiger partial charge in [-0.15, -0.1) is 5.10 Å². The summed E-state index contributed by atoms with van der Waals surface area (Å²) >= 11 is 0. The summed E-state index contributed by atoms with van der Waals surface area (Å²) in [4.78, 5) is 59.9. The lowest BCUT2D eigenvalue weighted by Gasteiger charge is -2.40. The topological polar surface area (TPSA) is 166 Å². The van der Waals surface area contributed by atoms with Crippen LogP contribution >= 0.6 is 0 Å². The number of carbonyl (C=O) groups is 3. The fourth-order valence-electron chi connectivity index (χ4n) is 8.59. The zero-order valence-corrected chi connectivity index (χ0v) is 30.6. The molecule has 8 rings (SSSR count). The highest BCUT2D eigenvalue weighted by atomic mass is 19.3. The number of aryl methyl sites for hydroxylation is 1. The van der Waals surface area contributed by atoms with E-state index < -0.39 is 24.5 Å². The van der Waals surface area contributed by atoms with E-state index >= 15 is 0 Å². The molecule has 2 saturated heterocycles. The molecule has 55 heavy (non-hydrogen) atoms. The van der Waals surface area contributed by atoms with Crippen LogP contribution in [0.4, 0.5) is 20.2 Å². The van der Waals surface area contributed by atoms with Crippen molar-refractivity contribution in [3.63, 3.8) is 0 Å². The molecule has 1 aromatic carbocycles. The monoisotopic (exact) mass is 759 g/mol. The Morgan fingerprint density at radius 1 is 1.07 bits per heavy atom. The van der Waals surface area contributed by atoms with Crippen molar-refractivity contribution in [1.29, 1.82) is 0 Å². The predicted octanol–water partition coefficient (Wildman–Crippen LogP) is 3.74. The second-order valence-corrected chi connectivity index (χ2v) is 14.8. The lowest BCUT2D eigenvalue weighted by Crippen LogP contribution is -2.45. The number of para-hydroxylation sites is 1. The number of benzene rings is 1. The van der Waals surface area contributed by atoms with E-state index in [0.29, 0.717) is 23.1 Å². The SMILES string of the molecule is CN(C[C@H]1CC[C@H](n2cc(NC(=O)c3cnn4cccnc34)c(OC(F)F)n2)CC1)C1CCN(c2cccc3c2n(C)c(=O)n3C2CCC(=O)NC2=O)CC1. The number of alkyl halides is 2. The van der Waals surface area contributed by atoms with E-state index in [1.54, 1.807) is 34.8 Å². The summed E-state index contributed by atoms with van der Waals surface area (Å²) in [6.45, 7) is -0.545. The summed E-state index contributed by atoms with van der Waals surface area (Å²) in [7, 11) is 3.90. The standard InChI is InChI=1S/C37H43F2N11O5/c1-45(23-13-17-47(18-14-23)27-5-3-6-28-31(27)46(2)37(54)50(28)29-11-12-30(51)43-34(29)53)20-22-7-9-24(10-8-22)49-21-26(35(44-49)55-36(38)39)42-33(52)25-19-41-48-16-4-15-40-32(25)48/h3-6,15-16,19,21-24,29,36H,7-14,17-18,20H2,1-2H3,(H,42,52)(H,43,51,53)/t22-,24-,29?. The maximum atomic E-state index is 13.4. The first kappa shape index (κ1) is 36.3. The largest absolute Gasteiger partial charge is 0.413 e. The second kappa shape index (κ2) is 14.9. The summed E-state index contributed by atoms with van der Waals surface area (Å²) < 4.78 is 37.6. The van der Waals surface area contributed by atoms with Crippen LogP contribution in [-0.2, 0) is 16.6 Å². The third kappa shape index (κ3) is 7.05. The van der Waals surface area contributed by atoms with Crippen LogP contribution in [0, 0.1) is 5.92 Å². The highest BCUT2D eigenvalue weighted by Crippen LogP contribution is 2.37. The molecular formula is C37H43F2N11O5. The molecule has 1 atom stereocenters. The predicted molar refractivity (Wildman–Crippen MR) is 197 cm³/mol. The van der Waals surface area contributed by atoms with Crippen molar-refractivity contribution < 1.29 is 27.9 Å². The maximum Gasteiger partial charge on any atom is 0.388 e. The number of nitrogens with one attached hydrogen (secondary N) is 2. The van der Waals surface area contributed by atoms with Gasteiger partial charge in [-0.3, -0.25) is 33.5 Å². The van der Waals surface area contributed by atoms with Crippen LogP contribution in [0.3, 0.4) is 0 Å². The van der Waals surface area contributed by atoms with Crippen molar-refractivity contribution in [2.75, 3.05) is 36.9 Å². The first-order valence-corrected chi connectivity index (χ1v) is 18.7. The molecule has 0 radical (unpaired) electrons. The van der Waals surface area contributed by atoms with E-state index in [1.807, 2.05) is 18.2 Å². The molecule has 1 unspecified atom stereocenters. The van der Waals surface area contributed by atoms with Gasteiger partial charge in [-0.2, -0.15) is 13.9 Å². The number of imidazole rings is 1. The Labute approximate surface area is 314 Å².